The van der Waals surface area contributed by atoms with Crippen molar-refractivity contribution >= 4 is 5.97 Å². The molecule has 0 radical (unpaired) electrons. The van der Waals surface area contributed by atoms with Crippen LogP contribution in [0.5, 0.6) is 5.75 Å². The quantitative estimate of drug-likeness (QED) is 0.630. The van der Waals surface area contributed by atoms with Gasteiger partial charge >= 0.3 is 5.97 Å². The average molecular weight is 235 g/mol. The number of hydrogen-bond donors (Lipinski definition) is 1. The maximum atomic E-state index is 10.8. The van der Waals surface area contributed by atoms with Gasteiger partial charge in [-0.25, -0.2) is 0 Å². The Morgan fingerprint density at radius 3 is 2.35 bits per heavy atom. The Kier molecular flexibility index (Phi) is 5.16. The van der Waals surface area contributed by atoms with Crippen LogP contribution in [0.4, 0.5) is 0 Å². The van der Waals surface area contributed by atoms with E-state index in [9.17, 15) is 4.79 Å². The van der Waals surface area contributed by atoms with Crippen molar-refractivity contribution in [2.45, 2.75) is 45.6 Å². The molecule has 2 atom stereocenters. The summed E-state index contributed by atoms with van der Waals surface area (Å²) in [5.74, 6) is 0.655. The second-order valence-corrected chi connectivity index (χ2v) is 4.42. The first-order chi connectivity index (χ1) is 8.04. The van der Waals surface area contributed by atoms with Crippen molar-refractivity contribution in [3.8, 4) is 5.75 Å². The van der Waals surface area contributed by atoms with E-state index < -0.39 is 0 Å². The summed E-state index contributed by atoms with van der Waals surface area (Å²) in [5, 5.41) is 0. The lowest BCUT2D eigenvalue weighted by Crippen LogP contribution is -2.24. The van der Waals surface area contributed by atoms with Gasteiger partial charge in [-0.2, -0.15) is 0 Å². The topological polar surface area (TPSA) is 52.3 Å². The van der Waals surface area contributed by atoms with Gasteiger partial charge in [0.15, 0.2) is 0 Å². The van der Waals surface area contributed by atoms with E-state index in [4.69, 9.17) is 10.5 Å². The molecule has 94 valence electrons. The molecule has 2 unspecified atom stereocenters. The lowest BCUT2D eigenvalue weighted by atomic mass is 9.89. The molecule has 0 amide bonds. The number of carbonyl (C=O) groups is 1. The average Bonchev–Trinajstić information content (AvgIpc) is 2.26. The van der Waals surface area contributed by atoms with Gasteiger partial charge in [-0.15, -0.1) is 0 Å². The van der Waals surface area contributed by atoms with Crippen LogP contribution in [0.15, 0.2) is 24.3 Å². The van der Waals surface area contributed by atoms with Gasteiger partial charge in [-0.3, -0.25) is 4.79 Å². The summed E-state index contributed by atoms with van der Waals surface area (Å²) in [4.78, 5) is 10.8. The number of hydrogen-bond acceptors (Lipinski definition) is 3. The van der Waals surface area contributed by atoms with Crippen LogP contribution in [-0.2, 0) is 4.79 Å². The first-order valence-corrected chi connectivity index (χ1v) is 6.08. The van der Waals surface area contributed by atoms with Crippen molar-refractivity contribution in [1.82, 2.24) is 0 Å². The van der Waals surface area contributed by atoms with Crippen molar-refractivity contribution < 1.29 is 9.53 Å². The lowest BCUT2D eigenvalue weighted by Gasteiger charge is -2.20. The Balaban J connectivity index is 2.80. The van der Waals surface area contributed by atoms with Crippen LogP contribution in [0.1, 0.15) is 45.1 Å². The van der Waals surface area contributed by atoms with E-state index in [0.29, 0.717) is 11.7 Å². The number of nitrogens with two attached hydrogens (primary N) is 1. The molecule has 1 aromatic carbocycles. The van der Waals surface area contributed by atoms with Crippen molar-refractivity contribution in [3.05, 3.63) is 29.8 Å². The van der Waals surface area contributed by atoms with Crippen LogP contribution in [0.25, 0.3) is 0 Å². The summed E-state index contributed by atoms with van der Waals surface area (Å²) in [6.07, 6.45) is 2.18. The van der Waals surface area contributed by atoms with Gasteiger partial charge < -0.3 is 10.5 Å². The molecule has 0 aliphatic rings. The molecule has 0 bridgehead atoms. The second kappa shape index (κ2) is 6.40. The van der Waals surface area contributed by atoms with Gasteiger partial charge in [0.05, 0.1) is 0 Å². The predicted molar refractivity (Wildman–Crippen MR) is 69.0 cm³/mol. The number of benzene rings is 1. The van der Waals surface area contributed by atoms with Gasteiger partial charge in [-0.05, 0) is 37.0 Å². The fraction of sp³-hybridized carbons (Fsp3) is 0.500. The fourth-order valence-electron chi connectivity index (χ4n) is 1.99. The van der Waals surface area contributed by atoms with Crippen LogP contribution in [0, 0.1) is 0 Å². The minimum Gasteiger partial charge on any atom is -0.427 e. The molecule has 1 aromatic rings. The maximum Gasteiger partial charge on any atom is 0.308 e. The summed E-state index contributed by atoms with van der Waals surface area (Å²) in [7, 11) is 0. The van der Waals surface area contributed by atoms with Gasteiger partial charge in [0.2, 0.25) is 0 Å². The van der Waals surface area contributed by atoms with E-state index in [-0.39, 0.29) is 12.0 Å². The highest BCUT2D eigenvalue weighted by Gasteiger charge is 2.15. The molecule has 0 heterocycles. The van der Waals surface area contributed by atoms with E-state index in [0.717, 1.165) is 12.8 Å². The van der Waals surface area contributed by atoms with Crippen molar-refractivity contribution in [3.63, 3.8) is 0 Å². The molecular weight excluding hydrogens is 214 g/mol. The first kappa shape index (κ1) is 13.7. The molecule has 0 aromatic heterocycles. The van der Waals surface area contributed by atoms with E-state index in [2.05, 4.69) is 6.92 Å². The molecule has 2 N–H and O–H groups in total. The third-order valence-corrected chi connectivity index (χ3v) is 2.80. The molecule has 0 fully saturated rings. The Morgan fingerprint density at radius 2 is 1.94 bits per heavy atom. The molecule has 3 heteroatoms. The highest BCUT2D eigenvalue weighted by Crippen LogP contribution is 2.25. The summed E-state index contributed by atoms with van der Waals surface area (Å²) in [5.41, 5.74) is 7.19. The fourth-order valence-corrected chi connectivity index (χ4v) is 1.99. The van der Waals surface area contributed by atoms with E-state index >= 15 is 0 Å². The van der Waals surface area contributed by atoms with Gasteiger partial charge in [-0.1, -0.05) is 25.5 Å². The first-order valence-electron chi connectivity index (χ1n) is 6.08. The second-order valence-electron chi connectivity index (χ2n) is 4.42. The van der Waals surface area contributed by atoms with Gasteiger partial charge in [0.1, 0.15) is 5.75 Å². The standard InChI is InChI=1S/C14H21NO2/c1-4-5-14(10(2)15)12-6-8-13(9-7-12)17-11(3)16/h6-10,14H,4-5,15H2,1-3H3. The molecule has 0 saturated heterocycles. The van der Waals surface area contributed by atoms with Crippen LogP contribution >= 0.6 is 0 Å². The summed E-state index contributed by atoms with van der Waals surface area (Å²) < 4.78 is 5.00. The number of carbonyl (C=O) groups excluding carboxylic acids is 1. The largest absolute Gasteiger partial charge is 0.427 e. The SMILES string of the molecule is CCCC(c1ccc(OC(C)=O)cc1)C(C)N. The number of rotatable bonds is 5. The highest BCUT2D eigenvalue weighted by molar-refractivity contribution is 5.69. The smallest absolute Gasteiger partial charge is 0.308 e. The number of esters is 1. The molecule has 17 heavy (non-hydrogen) atoms. The maximum absolute atomic E-state index is 10.8. The van der Waals surface area contributed by atoms with E-state index in [1.807, 2.05) is 31.2 Å². The molecule has 3 nitrogen and oxygen atoms in total. The molecule has 0 aliphatic heterocycles. The molecule has 1 rings (SSSR count). The third kappa shape index (κ3) is 4.19. The minimum atomic E-state index is -0.296. The summed E-state index contributed by atoms with van der Waals surface area (Å²) >= 11 is 0. The van der Waals surface area contributed by atoms with Crippen molar-refractivity contribution in [1.29, 1.82) is 0 Å². The lowest BCUT2D eigenvalue weighted by molar-refractivity contribution is -0.131. The van der Waals surface area contributed by atoms with Gasteiger partial charge in [0, 0.05) is 13.0 Å². The zero-order chi connectivity index (χ0) is 12.8. The van der Waals surface area contributed by atoms with Crippen molar-refractivity contribution in [2.75, 3.05) is 0 Å². The molecule has 0 spiro atoms. The highest BCUT2D eigenvalue weighted by atomic mass is 16.5. The number of ether oxygens (including phenoxy) is 1. The Morgan fingerprint density at radius 1 is 1.35 bits per heavy atom. The van der Waals surface area contributed by atoms with Crippen LogP contribution in [0.2, 0.25) is 0 Å². The van der Waals surface area contributed by atoms with Crippen LogP contribution < -0.4 is 10.5 Å². The van der Waals surface area contributed by atoms with Gasteiger partial charge in [0.25, 0.3) is 0 Å². The van der Waals surface area contributed by atoms with Crippen molar-refractivity contribution in [2.24, 2.45) is 5.73 Å². The van der Waals surface area contributed by atoms with Crippen LogP contribution in [-0.4, -0.2) is 12.0 Å². The zero-order valence-electron chi connectivity index (χ0n) is 10.8. The Bertz CT molecular complexity index is 357. The molecule has 0 saturated carbocycles. The minimum absolute atomic E-state index is 0.134. The summed E-state index contributed by atoms with van der Waals surface area (Å²) in [6, 6.07) is 7.75. The van der Waals surface area contributed by atoms with E-state index in [1.54, 1.807) is 0 Å². The Hall–Kier alpha value is -1.35. The normalized spacial score (nSPS) is 14.1. The zero-order valence-corrected chi connectivity index (χ0v) is 10.8. The van der Waals surface area contributed by atoms with Crippen LogP contribution in [0.3, 0.4) is 0 Å². The Labute approximate surface area is 103 Å². The molecule has 0 aliphatic carbocycles. The summed E-state index contributed by atoms with van der Waals surface area (Å²) in [6.45, 7) is 5.58. The van der Waals surface area contributed by atoms with E-state index in [1.165, 1.54) is 12.5 Å². The predicted octanol–water partition coefficient (Wildman–Crippen LogP) is 2.84. The third-order valence-electron chi connectivity index (χ3n) is 2.80. The monoisotopic (exact) mass is 235 g/mol. The molecular formula is C14H21NO2.